The summed E-state index contributed by atoms with van der Waals surface area (Å²) in [5, 5.41) is 0. The maximum absolute atomic E-state index is 12.7. The topological polar surface area (TPSA) is 111 Å². The van der Waals surface area contributed by atoms with E-state index in [-0.39, 0.29) is 26.1 Å². The Bertz CT molecular complexity index is 1290. The molecule has 0 heterocycles. The average molecular weight is 860 g/mol. The van der Waals surface area contributed by atoms with Gasteiger partial charge in [-0.2, -0.15) is 0 Å². The van der Waals surface area contributed by atoms with Crippen molar-refractivity contribution in [2.24, 2.45) is 0 Å². The molecule has 0 spiro atoms. The Morgan fingerprint density at radius 3 is 1.40 bits per heavy atom. The Kier molecular flexibility index (Phi) is 39.6. The lowest BCUT2D eigenvalue weighted by Gasteiger charge is -2.28. The van der Waals surface area contributed by atoms with Gasteiger partial charge in [0.25, 0.3) is 7.82 Å². The molecule has 0 aromatic heterocycles. The molecule has 0 saturated heterocycles. The van der Waals surface area contributed by atoms with E-state index in [4.69, 9.17) is 18.5 Å². The number of allylic oxidation sites excluding steroid dienone is 14. The molecule has 0 bridgehead atoms. The lowest BCUT2D eigenvalue weighted by atomic mass is 10.1. The van der Waals surface area contributed by atoms with E-state index < -0.39 is 32.5 Å². The predicted molar refractivity (Wildman–Crippen MR) is 249 cm³/mol. The van der Waals surface area contributed by atoms with Gasteiger partial charge in [-0.05, 0) is 83.5 Å². The fourth-order valence-electron chi connectivity index (χ4n) is 5.72. The minimum Gasteiger partial charge on any atom is -0.756 e. The van der Waals surface area contributed by atoms with Gasteiger partial charge >= 0.3 is 11.9 Å². The predicted octanol–water partition coefficient (Wildman–Crippen LogP) is 12.9. The van der Waals surface area contributed by atoms with Gasteiger partial charge in [0.15, 0.2) is 6.10 Å². The first-order chi connectivity index (χ1) is 29.0. The Morgan fingerprint density at radius 2 is 0.933 bits per heavy atom. The number of phosphoric ester groups is 1. The van der Waals surface area contributed by atoms with Gasteiger partial charge in [-0.25, -0.2) is 0 Å². The van der Waals surface area contributed by atoms with Crippen molar-refractivity contribution in [1.82, 2.24) is 0 Å². The van der Waals surface area contributed by atoms with Gasteiger partial charge in [0.05, 0.1) is 27.7 Å². The molecule has 60 heavy (non-hydrogen) atoms. The van der Waals surface area contributed by atoms with Crippen LogP contribution in [-0.2, 0) is 32.7 Å². The molecule has 344 valence electrons. The lowest BCUT2D eigenvalue weighted by Crippen LogP contribution is -2.37. The summed E-state index contributed by atoms with van der Waals surface area (Å²) >= 11 is 0. The summed E-state index contributed by atoms with van der Waals surface area (Å²) in [7, 11) is 1.11. The summed E-state index contributed by atoms with van der Waals surface area (Å²) in [4.78, 5) is 37.6. The first kappa shape index (κ1) is 57.2. The molecule has 0 rings (SSSR count). The highest BCUT2D eigenvalue weighted by Crippen LogP contribution is 2.38. The summed E-state index contributed by atoms with van der Waals surface area (Å²) in [5.41, 5.74) is 0. The van der Waals surface area contributed by atoms with Crippen LogP contribution < -0.4 is 4.89 Å². The van der Waals surface area contributed by atoms with E-state index in [2.05, 4.69) is 86.8 Å². The van der Waals surface area contributed by atoms with E-state index in [1.807, 2.05) is 33.3 Å². The van der Waals surface area contributed by atoms with Crippen molar-refractivity contribution in [3.8, 4) is 0 Å². The molecular formula is C50H86NO8P. The largest absolute Gasteiger partial charge is 0.756 e. The number of hydrogen-bond acceptors (Lipinski definition) is 8. The van der Waals surface area contributed by atoms with E-state index >= 15 is 0 Å². The first-order valence-corrected chi connectivity index (χ1v) is 24.8. The zero-order valence-corrected chi connectivity index (χ0v) is 39.5. The zero-order chi connectivity index (χ0) is 44.3. The first-order valence-electron chi connectivity index (χ1n) is 23.3. The van der Waals surface area contributed by atoms with Crippen molar-refractivity contribution < 1.29 is 42.1 Å². The van der Waals surface area contributed by atoms with Crippen LogP contribution in [0.3, 0.4) is 0 Å². The molecule has 0 N–H and O–H groups in total. The molecule has 0 amide bonds. The monoisotopic (exact) mass is 860 g/mol. The van der Waals surface area contributed by atoms with Gasteiger partial charge in [-0.15, -0.1) is 0 Å². The van der Waals surface area contributed by atoms with Crippen LogP contribution in [0.5, 0.6) is 0 Å². The highest BCUT2D eigenvalue weighted by atomic mass is 31.2. The number of unbranched alkanes of at least 4 members (excludes halogenated alkanes) is 13. The Balaban J connectivity index is 4.48. The lowest BCUT2D eigenvalue weighted by molar-refractivity contribution is -0.870. The molecule has 0 aliphatic carbocycles. The number of quaternary nitrogens is 1. The Labute approximate surface area is 367 Å². The molecule has 0 aliphatic heterocycles. The van der Waals surface area contributed by atoms with Gasteiger partial charge in [0.2, 0.25) is 0 Å². The number of carbonyl (C=O) groups excluding carboxylic acids is 2. The highest BCUT2D eigenvalue weighted by Gasteiger charge is 2.21. The molecule has 1 unspecified atom stereocenters. The smallest absolute Gasteiger partial charge is 0.306 e. The van der Waals surface area contributed by atoms with Crippen LogP contribution in [0.1, 0.15) is 168 Å². The third kappa shape index (κ3) is 44.7. The van der Waals surface area contributed by atoms with Crippen molar-refractivity contribution >= 4 is 19.8 Å². The molecule has 0 aromatic carbocycles. The summed E-state index contributed by atoms with van der Waals surface area (Å²) in [6.45, 7) is 4.06. The molecule has 10 heteroatoms. The summed E-state index contributed by atoms with van der Waals surface area (Å²) in [6, 6.07) is 0. The minimum absolute atomic E-state index is 0.0478. The van der Waals surface area contributed by atoms with E-state index in [0.29, 0.717) is 23.9 Å². The summed E-state index contributed by atoms with van der Waals surface area (Å²) < 4.78 is 33.8. The molecule has 0 fully saturated rings. The number of nitrogens with zero attached hydrogens (tertiary/aromatic N) is 1. The number of ether oxygens (including phenoxy) is 2. The van der Waals surface area contributed by atoms with Crippen LogP contribution in [0, 0.1) is 0 Å². The summed E-state index contributed by atoms with van der Waals surface area (Å²) in [5.74, 6) is -0.946. The highest BCUT2D eigenvalue weighted by molar-refractivity contribution is 7.45. The van der Waals surface area contributed by atoms with Crippen molar-refractivity contribution in [3.05, 3.63) is 85.1 Å². The van der Waals surface area contributed by atoms with Gasteiger partial charge < -0.3 is 27.9 Å². The Morgan fingerprint density at radius 1 is 0.517 bits per heavy atom. The fourth-order valence-corrected chi connectivity index (χ4v) is 6.45. The van der Waals surface area contributed by atoms with Crippen LogP contribution in [0.4, 0.5) is 0 Å². The minimum atomic E-state index is -4.65. The van der Waals surface area contributed by atoms with Crippen molar-refractivity contribution in [2.75, 3.05) is 47.5 Å². The number of hydrogen-bond donors (Lipinski definition) is 0. The van der Waals surface area contributed by atoms with Crippen molar-refractivity contribution in [2.45, 2.75) is 174 Å². The maximum atomic E-state index is 12.7. The molecule has 0 aliphatic rings. The van der Waals surface area contributed by atoms with Crippen LogP contribution in [0.2, 0.25) is 0 Å². The third-order valence-corrected chi connectivity index (χ3v) is 10.4. The van der Waals surface area contributed by atoms with Crippen molar-refractivity contribution in [3.63, 3.8) is 0 Å². The normalized spacial score (nSPS) is 14.3. The molecule has 9 nitrogen and oxygen atoms in total. The van der Waals surface area contributed by atoms with Gasteiger partial charge in [0.1, 0.15) is 19.8 Å². The van der Waals surface area contributed by atoms with Crippen LogP contribution in [-0.4, -0.2) is 70.0 Å². The molecule has 2 atom stereocenters. The number of esters is 2. The fraction of sp³-hybridized carbons (Fsp3) is 0.680. The van der Waals surface area contributed by atoms with E-state index in [1.54, 1.807) is 0 Å². The van der Waals surface area contributed by atoms with Gasteiger partial charge in [-0.3, -0.25) is 14.2 Å². The average Bonchev–Trinajstić information content (AvgIpc) is 3.20. The molecule has 0 radical (unpaired) electrons. The molecule has 0 saturated carbocycles. The molecular weight excluding hydrogens is 774 g/mol. The number of phosphoric acid groups is 1. The van der Waals surface area contributed by atoms with Crippen LogP contribution in [0.15, 0.2) is 85.1 Å². The number of carbonyl (C=O) groups is 2. The van der Waals surface area contributed by atoms with Gasteiger partial charge in [-0.1, -0.05) is 157 Å². The quantitative estimate of drug-likeness (QED) is 0.0196. The van der Waals surface area contributed by atoms with E-state index in [1.165, 1.54) is 70.6 Å². The second-order valence-electron chi connectivity index (χ2n) is 16.4. The van der Waals surface area contributed by atoms with E-state index in [0.717, 1.165) is 57.8 Å². The maximum Gasteiger partial charge on any atom is 0.306 e. The van der Waals surface area contributed by atoms with E-state index in [9.17, 15) is 19.0 Å². The number of rotatable bonds is 41. The van der Waals surface area contributed by atoms with Crippen molar-refractivity contribution in [1.29, 1.82) is 0 Å². The SMILES string of the molecule is CCCCC/C=C\C/C=C\C/C=C\C/C=C\C/C=C\CCC(=O)OC[C@H](COP(=O)([O-])OCC[N+](C)(C)C)OC(=O)CCCCCCCCC/C=C\C/C=C\CCCCC. The Hall–Kier alpha value is -2.81. The van der Waals surface area contributed by atoms with Gasteiger partial charge in [0, 0.05) is 12.8 Å². The summed E-state index contributed by atoms with van der Waals surface area (Å²) in [6.07, 6.45) is 53.3. The second kappa shape index (κ2) is 41.5. The second-order valence-corrected chi connectivity index (χ2v) is 17.8. The zero-order valence-electron chi connectivity index (χ0n) is 38.6. The standard InChI is InChI=1S/C50H86NO8P/c1-6-8-10-12-14-16-18-20-22-24-25-27-28-30-32-34-36-38-40-42-49(52)56-46-48(47-58-60(54,55)57-45-44-51(3,4)5)59-50(53)43-41-39-37-35-33-31-29-26-23-21-19-17-15-13-11-9-7-2/h14-17,20-23,25,27,30,32,36,38,48H,6-13,18-19,24,26,28-29,31,33-35,37,39-47H2,1-5H3/b16-14-,17-15-,22-20-,23-21-,27-25-,32-30-,38-36-/t48-/m1/s1. The third-order valence-electron chi connectivity index (χ3n) is 9.40. The number of likely N-dealkylation sites (N-methyl/N-ethyl adjacent to an activating group) is 1. The van der Waals surface area contributed by atoms with Crippen LogP contribution in [0.25, 0.3) is 0 Å². The van der Waals surface area contributed by atoms with Crippen LogP contribution >= 0.6 is 7.82 Å². The molecule has 0 aromatic rings.